The molecule has 1 aliphatic rings. The number of H-pyrrole nitrogens is 1. The summed E-state index contributed by atoms with van der Waals surface area (Å²) in [5.41, 5.74) is 1.94. The first-order chi connectivity index (χ1) is 15.0. The number of carbonyl (C=O) groups excluding carboxylic acids is 1. The van der Waals surface area contributed by atoms with E-state index in [1.165, 1.54) is 16.9 Å². The largest absolute Gasteiger partial charge is 0.491 e. The molecule has 0 atom stereocenters. The Morgan fingerprint density at radius 3 is 2.81 bits per heavy atom. The lowest BCUT2D eigenvalue weighted by molar-refractivity contribution is -0.115. The van der Waals surface area contributed by atoms with E-state index in [-0.39, 0.29) is 17.6 Å². The Kier molecular flexibility index (Phi) is 6.97. The highest BCUT2D eigenvalue weighted by Crippen LogP contribution is 2.33. The summed E-state index contributed by atoms with van der Waals surface area (Å²) in [6, 6.07) is 7.39. The van der Waals surface area contributed by atoms with Gasteiger partial charge in [0.05, 0.1) is 17.2 Å². The number of thiophene rings is 1. The first kappa shape index (κ1) is 21.9. The molecule has 4 rings (SSSR count). The summed E-state index contributed by atoms with van der Waals surface area (Å²) >= 11 is 3.26. The maximum absolute atomic E-state index is 12.6. The lowest BCUT2D eigenvalue weighted by atomic mass is 9.97. The topological polar surface area (TPSA) is 84.1 Å². The second-order valence-electron chi connectivity index (χ2n) is 7.95. The number of fused-ring (bicyclic) bond motifs is 3. The van der Waals surface area contributed by atoms with E-state index >= 15 is 0 Å². The molecule has 0 aliphatic heterocycles. The minimum Gasteiger partial charge on any atom is -0.491 e. The van der Waals surface area contributed by atoms with Gasteiger partial charge in [-0.3, -0.25) is 9.59 Å². The van der Waals surface area contributed by atoms with Crippen molar-refractivity contribution in [1.29, 1.82) is 0 Å². The van der Waals surface area contributed by atoms with Crippen LogP contribution in [0.15, 0.2) is 29.1 Å². The number of nitrogens with zero attached hydrogens (tertiary/aromatic N) is 1. The van der Waals surface area contributed by atoms with Gasteiger partial charge in [-0.2, -0.15) is 11.8 Å². The number of aromatic nitrogens is 2. The normalized spacial score (nSPS) is 13.4. The number of hydrogen-bond acceptors (Lipinski definition) is 6. The van der Waals surface area contributed by atoms with Crippen molar-refractivity contribution in [2.45, 2.75) is 57.8 Å². The number of thioether (sulfide) groups is 1. The van der Waals surface area contributed by atoms with Crippen LogP contribution in [0, 0.1) is 0 Å². The third-order valence-corrected chi connectivity index (χ3v) is 7.25. The molecule has 0 saturated carbocycles. The Morgan fingerprint density at radius 1 is 1.26 bits per heavy atom. The smallest absolute Gasteiger partial charge is 0.259 e. The second-order valence-corrected chi connectivity index (χ2v) is 10.1. The van der Waals surface area contributed by atoms with E-state index in [4.69, 9.17) is 4.74 Å². The average Bonchev–Trinajstić information content (AvgIpc) is 3.11. The monoisotopic (exact) mass is 457 g/mol. The van der Waals surface area contributed by atoms with Gasteiger partial charge in [0.2, 0.25) is 5.91 Å². The molecule has 1 aromatic carbocycles. The van der Waals surface area contributed by atoms with Crippen LogP contribution in [-0.4, -0.2) is 27.7 Å². The molecule has 6 nitrogen and oxygen atoms in total. The van der Waals surface area contributed by atoms with Crippen LogP contribution >= 0.6 is 23.1 Å². The number of amides is 1. The molecule has 2 N–H and O–H groups in total. The molecule has 164 valence electrons. The second kappa shape index (κ2) is 9.87. The first-order valence-corrected chi connectivity index (χ1v) is 12.6. The zero-order chi connectivity index (χ0) is 21.8. The third kappa shape index (κ3) is 5.49. The van der Waals surface area contributed by atoms with Gasteiger partial charge < -0.3 is 15.0 Å². The molecule has 1 amide bonds. The highest BCUT2D eigenvalue weighted by molar-refractivity contribution is 7.98. The van der Waals surface area contributed by atoms with Crippen LogP contribution in [0.4, 0.5) is 5.69 Å². The fourth-order valence-electron chi connectivity index (χ4n) is 3.72. The van der Waals surface area contributed by atoms with Gasteiger partial charge in [-0.05, 0) is 69.4 Å². The highest BCUT2D eigenvalue weighted by Gasteiger charge is 2.19. The van der Waals surface area contributed by atoms with E-state index in [9.17, 15) is 9.59 Å². The molecule has 0 spiro atoms. The fraction of sp³-hybridized carbons (Fsp3) is 0.435. The highest BCUT2D eigenvalue weighted by atomic mass is 32.2. The van der Waals surface area contributed by atoms with Crippen LogP contribution in [0.5, 0.6) is 5.75 Å². The molecule has 0 saturated heterocycles. The van der Waals surface area contributed by atoms with Gasteiger partial charge in [0.15, 0.2) is 0 Å². The molecule has 0 fully saturated rings. The van der Waals surface area contributed by atoms with Crippen molar-refractivity contribution in [2.24, 2.45) is 0 Å². The molecular formula is C23H27N3O3S2. The van der Waals surface area contributed by atoms with Crippen LogP contribution in [0.1, 0.15) is 49.4 Å². The number of benzene rings is 1. The van der Waals surface area contributed by atoms with Gasteiger partial charge in [-0.25, -0.2) is 4.98 Å². The van der Waals surface area contributed by atoms with E-state index in [0.717, 1.165) is 40.9 Å². The number of carbonyl (C=O) groups is 1. The van der Waals surface area contributed by atoms with Gasteiger partial charge in [0, 0.05) is 22.7 Å². The summed E-state index contributed by atoms with van der Waals surface area (Å²) in [4.78, 5) is 34.6. The number of aryl methyl sites for hydroxylation is 2. The summed E-state index contributed by atoms with van der Waals surface area (Å²) in [7, 11) is 0. The number of anilines is 1. The number of ether oxygens (including phenoxy) is 1. The van der Waals surface area contributed by atoms with E-state index < -0.39 is 0 Å². The predicted molar refractivity (Wildman–Crippen MR) is 128 cm³/mol. The molecule has 0 radical (unpaired) electrons. The SMILES string of the molecule is CC(C)Oc1ccc(NC(=O)CCSCc2nc3sc4c(c3c(=O)[nH]2)CCCC4)cc1. The van der Waals surface area contributed by atoms with Gasteiger partial charge in [-0.1, -0.05) is 0 Å². The first-order valence-electron chi connectivity index (χ1n) is 10.7. The van der Waals surface area contributed by atoms with Crippen molar-refractivity contribution in [3.8, 4) is 5.75 Å². The van der Waals surface area contributed by atoms with E-state index in [0.29, 0.717) is 23.8 Å². The standard InChI is InChI=1S/C23H27N3O3S2/c1-14(2)29-16-9-7-15(8-10-16)24-20(27)11-12-30-13-19-25-22(28)21-17-5-3-4-6-18(17)31-23(21)26-19/h7-10,14H,3-6,11-13H2,1-2H3,(H,24,27)(H,25,26,28). The van der Waals surface area contributed by atoms with Crippen molar-refractivity contribution in [2.75, 3.05) is 11.1 Å². The van der Waals surface area contributed by atoms with Crippen LogP contribution in [-0.2, 0) is 23.4 Å². The predicted octanol–water partition coefficient (Wildman–Crippen LogP) is 4.91. The zero-order valence-electron chi connectivity index (χ0n) is 17.8. The number of rotatable bonds is 8. The fourth-order valence-corrected chi connectivity index (χ4v) is 5.81. The zero-order valence-corrected chi connectivity index (χ0v) is 19.5. The number of nitrogens with one attached hydrogen (secondary N) is 2. The average molecular weight is 458 g/mol. The Hall–Kier alpha value is -2.32. The maximum Gasteiger partial charge on any atom is 0.259 e. The number of hydrogen-bond donors (Lipinski definition) is 2. The Morgan fingerprint density at radius 2 is 2.03 bits per heavy atom. The maximum atomic E-state index is 12.6. The van der Waals surface area contributed by atoms with Crippen LogP contribution in [0.3, 0.4) is 0 Å². The molecule has 2 heterocycles. The molecule has 3 aromatic rings. The molecular weight excluding hydrogens is 430 g/mol. The lowest BCUT2D eigenvalue weighted by Crippen LogP contribution is -2.13. The Balaban J connectivity index is 1.27. The van der Waals surface area contributed by atoms with E-state index in [1.54, 1.807) is 23.1 Å². The molecule has 0 bridgehead atoms. The summed E-state index contributed by atoms with van der Waals surface area (Å²) in [5, 5.41) is 3.69. The van der Waals surface area contributed by atoms with Crippen molar-refractivity contribution in [1.82, 2.24) is 9.97 Å². The van der Waals surface area contributed by atoms with Crippen molar-refractivity contribution >= 4 is 44.9 Å². The summed E-state index contributed by atoms with van der Waals surface area (Å²) in [5.74, 6) is 2.68. The quantitative estimate of drug-likeness (QED) is 0.470. The van der Waals surface area contributed by atoms with Crippen LogP contribution < -0.4 is 15.6 Å². The molecule has 1 aliphatic carbocycles. The molecule has 0 unspecified atom stereocenters. The van der Waals surface area contributed by atoms with Crippen molar-refractivity contribution in [3.05, 3.63) is 50.9 Å². The van der Waals surface area contributed by atoms with E-state index in [2.05, 4.69) is 15.3 Å². The van der Waals surface area contributed by atoms with E-state index in [1.807, 2.05) is 38.1 Å². The number of aromatic amines is 1. The van der Waals surface area contributed by atoms with Crippen molar-refractivity contribution < 1.29 is 9.53 Å². The van der Waals surface area contributed by atoms with Crippen molar-refractivity contribution in [3.63, 3.8) is 0 Å². The summed E-state index contributed by atoms with van der Waals surface area (Å²) in [6.45, 7) is 3.95. The van der Waals surface area contributed by atoms with Gasteiger partial charge in [0.25, 0.3) is 5.56 Å². The Bertz CT molecular complexity index is 1120. The van der Waals surface area contributed by atoms with Gasteiger partial charge in [0.1, 0.15) is 16.4 Å². The van der Waals surface area contributed by atoms with Crippen LogP contribution in [0.25, 0.3) is 10.2 Å². The molecule has 8 heteroatoms. The van der Waals surface area contributed by atoms with Gasteiger partial charge in [-0.15, -0.1) is 11.3 Å². The minimum atomic E-state index is -0.0344. The van der Waals surface area contributed by atoms with Gasteiger partial charge >= 0.3 is 0 Å². The third-order valence-electron chi connectivity index (χ3n) is 5.10. The molecule has 31 heavy (non-hydrogen) atoms. The minimum absolute atomic E-state index is 0.0253. The summed E-state index contributed by atoms with van der Waals surface area (Å²) in [6.07, 6.45) is 4.90. The Labute approximate surface area is 189 Å². The summed E-state index contributed by atoms with van der Waals surface area (Å²) < 4.78 is 5.61. The molecule has 2 aromatic heterocycles. The lowest BCUT2D eigenvalue weighted by Gasteiger charge is -2.10. The van der Waals surface area contributed by atoms with Crippen LogP contribution in [0.2, 0.25) is 0 Å².